The average Bonchev–Trinajstić information content (AvgIpc) is 3.50. The van der Waals surface area contributed by atoms with Crippen LogP contribution in [0.5, 0.6) is 11.5 Å². The fraction of sp³-hybridized carbons (Fsp3) is 0.578. The number of ether oxygens (including phenoxy) is 5. The van der Waals surface area contributed by atoms with Crippen LogP contribution in [0.25, 0.3) is 0 Å². The van der Waals surface area contributed by atoms with Crippen molar-refractivity contribution in [2.24, 2.45) is 0 Å². The first-order valence-corrected chi connectivity index (χ1v) is 19.9. The smallest absolute Gasteiger partial charge is 0.305 e. The zero-order valence-corrected chi connectivity index (χ0v) is 33.0. The molecule has 0 radical (unpaired) electrons. The molecule has 1 aliphatic heterocycles. The molecule has 0 aliphatic carbocycles. The van der Waals surface area contributed by atoms with Gasteiger partial charge in [0.2, 0.25) is 0 Å². The standard InChI is InChI=1S/C45H65NO7/c1-6-7-19-32-52-42(22-17-12-10-8-9-11-13-18-23-43(48)51-5)46-34-39(47)33-44(46,2)35-53-45(36-20-15-14-16-21-36,37-24-28-40(49-3)29-25-37)38-26-30-41(50-4)31-27-38/h14-16,20-21,24-31,39,42,47H,6-13,17-19,22-23,32-35H2,1-5H3/t39-,42?,44+/m1/s1. The van der Waals surface area contributed by atoms with Crippen LogP contribution in [0, 0.1) is 0 Å². The third kappa shape index (κ3) is 12.0. The summed E-state index contributed by atoms with van der Waals surface area (Å²) in [5, 5.41) is 11.3. The van der Waals surface area contributed by atoms with Crippen LogP contribution in [0.2, 0.25) is 0 Å². The second kappa shape index (κ2) is 22.1. The molecule has 1 heterocycles. The Morgan fingerprint density at radius 1 is 0.774 bits per heavy atom. The number of nitrogens with zero attached hydrogens (tertiary/aromatic N) is 1. The Kier molecular flexibility index (Phi) is 17.6. The van der Waals surface area contributed by atoms with Crippen molar-refractivity contribution in [1.82, 2.24) is 4.90 Å². The van der Waals surface area contributed by atoms with Crippen molar-refractivity contribution >= 4 is 5.97 Å². The number of methoxy groups -OCH3 is 3. The van der Waals surface area contributed by atoms with Gasteiger partial charge in [0.1, 0.15) is 23.3 Å². The van der Waals surface area contributed by atoms with Gasteiger partial charge in [0.05, 0.1) is 34.0 Å². The van der Waals surface area contributed by atoms with Crippen LogP contribution >= 0.6 is 0 Å². The van der Waals surface area contributed by atoms with Gasteiger partial charge in [-0.15, -0.1) is 0 Å². The molecule has 1 aliphatic rings. The van der Waals surface area contributed by atoms with Crippen molar-refractivity contribution in [2.45, 2.75) is 127 Å². The van der Waals surface area contributed by atoms with Crippen molar-refractivity contribution in [3.8, 4) is 11.5 Å². The molecular weight excluding hydrogens is 666 g/mol. The molecule has 3 aromatic carbocycles. The number of hydrogen-bond acceptors (Lipinski definition) is 8. The third-order valence-electron chi connectivity index (χ3n) is 10.8. The minimum atomic E-state index is -0.946. The van der Waals surface area contributed by atoms with Gasteiger partial charge in [-0.3, -0.25) is 9.69 Å². The van der Waals surface area contributed by atoms with Gasteiger partial charge in [-0.25, -0.2) is 0 Å². The first kappa shape index (κ1) is 42.3. The van der Waals surface area contributed by atoms with Crippen LogP contribution < -0.4 is 9.47 Å². The highest BCUT2D eigenvalue weighted by Crippen LogP contribution is 2.44. The Bertz CT molecular complexity index is 1400. The van der Waals surface area contributed by atoms with Crippen molar-refractivity contribution in [2.75, 3.05) is 41.1 Å². The van der Waals surface area contributed by atoms with E-state index in [9.17, 15) is 9.90 Å². The van der Waals surface area contributed by atoms with Crippen LogP contribution in [0.1, 0.15) is 120 Å². The van der Waals surface area contributed by atoms with E-state index in [2.05, 4.69) is 67.3 Å². The minimum Gasteiger partial charge on any atom is -0.497 e. The van der Waals surface area contributed by atoms with Gasteiger partial charge >= 0.3 is 5.97 Å². The lowest BCUT2D eigenvalue weighted by atomic mass is 9.79. The van der Waals surface area contributed by atoms with Gasteiger partial charge in [0.25, 0.3) is 0 Å². The van der Waals surface area contributed by atoms with Gasteiger partial charge < -0.3 is 28.8 Å². The summed E-state index contributed by atoms with van der Waals surface area (Å²) in [6.45, 7) is 6.07. The summed E-state index contributed by atoms with van der Waals surface area (Å²) in [4.78, 5) is 13.7. The quantitative estimate of drug-likeness (QED) is 0.0524. The number of carbonyl (C=O) groups excluding carboxylic acids is 1. The van der Waals surface area contributed by atoms with Crippen LogP contribution in [0.15, 0.2) is 78.9 Å². The van der Waals surface area contributed by atoms with Crippen LogP contribution in [-0.4, -0.2) is 74.9 Å². The summed E-state index contributed by atoms with van der Waals surface area (Å²) >= 11 is 0. The average molecular weight is 732 g/mol. The first-order valence-electron chi connectivity index (χ1n) is 19.9. The molecule has 0 bridgehead atoms. The lowest BCUT2D eigenvalue weighted by Gasteiger charge is -2.44. The van der Waals surface area contributed by atoms with Crippen LogP contribution in [-0.2, 0) is 24.6 Å². The van der Waals surface area contributed by atoms with Crippen molar-refractivity contribution in [1.29, 1.82) is 0 Å². The summed E-state index contributed by atoms with van der Waals surface area (Å²) in [6, 6.07) is 26.7. The molecule has 53 heavy (non-hydrogen) atoms. The largest absolute Gasteiger partial charge is 0.497 e. The summed E-state index contributed by atoms with van der Waals surface area (Å²) in [7, 11) is 4.81. The number of rotatable bonds is 25. The van der Waals surface area contributed by atoms with E-state index < -0.39 is 17.2 Å². The molecule has 3 atom stereocenters. The van der Waals surface area contributed by atoms with E-state index in [0.29, 0.717) is 32.6 Å². The maximum absolute atomic E-state index is 11.4. The number of β-amino-alcohol motifs (C(OH)–C–C–N with tert-alkyl or cyclic N) is 1. The van der Waals surface area contributed by atoms with Crippen molar-refractivity contribution < 1.29 is 33.6 Å². The maximum atomic E-state index is 11.4. The zero-order valence-electron chi connectivity index (χ0n) is 33.0. The Morgan fingerprint density at radius 3 is 1.87 bits per heavy atom. The third-order valence-corrected chi connectivity index (χ3v) is 10.8. The van der Waals surface area contributed by atoms with Gasteiger partial charge in [-0.1, -0.05) is 113 Å². The monoisotopic (exact) mass is 731 g/mol. The Labute approximate surface area is 319 Å². The number of likely N-dealkylation sites (tertiary alicyclic amines) is 1. The Balaban J connectivity index is 1.54. The van der Waals surface area contributed by atoms with Crippen molar-refractivity contribution in [3.05, 3.63) is 95.6 Å². The second-order valence-corrected chi connectivity index (χ2v) is 14.8. The molecule has 1 unspecified atom stereocenters. The van der Waals surface area contributed by atoms with Crippen LogP contribution in [0.4, 0.5) is 0 Å². The summed E-state index contributed by atoms with van der Waals surface area (Å²) in [5.74, 6) is 1.44. The lowest BCUT2D eigenvalue weighted by Crippen LogP contribution is -2.53. The number of benzene rings is 3. The second-order valence-electron chi connectivity index (χ2n) is 14.8. The van der Waals surface area contributed by atoms with Gasteiger partial charge in [-0.2, -0.15) is 0 Å². The van der Waals surface area contributed by atoms with Crippen molar-refractivity contribution in [3.63, 3.8) is 0 Å². The molecular formula is C45H65NO7. The number of unbranched alkanes of at least 4 members (excludes halogenated alkanes) is 9. The molecule has 8 nitrogen and oxygen atoms in total. The summed E-state index contributed by atoms with van der Waals surface area (Å²) in [6.07, 6.45) is 13.7. The molecule has 8 heteroatoms. The zero-order chi connectivity index (χ0) is 37.9. The molecule has 0 aromatic heterocycles. The highest BCUT2D eigenvalue weighted by Gasteiger charge is 2.48. The van der Waals surface area contributed by atoms with Gasteiger partial charge in [0, 0.05) is 25.1 Å². The molecule has 4 rings (SSSR count). The number of aliphatic hydroxyl groups is 1. The molecule has 1 N–H and O–H groups in total. The van der Waals surface area contributed by atoms with E-state index in [0.717, 1.165) is 86.0 Å². The topological polar surface area (TPSA) is 86.7 Å². The molecule has 1 fully saturated rings. The van der Waals surface area contributed by atoms with E-state index in [4.69, 9.17) is 23.7 Å². The molecule has 0 spiro atoms. The number of carbonyl (C=O) groups is 1. The lowest BCUT2D eigenvalue weighted by molar-refractivity contribution is -0.140. The minimum absolute atomic E-state index is 0.107. The molecule has 1 saturated heterocycles. The van der Waals surface area contributed by atoms with E-state index in [1.165, 1.54) is 26.4 Å². The normalized spacial score (nSPS) is 18.2. The van der Waals surface area contributed by atoms with Crippen LogP contribution in [0.3, 0.4) is 0 Å². The van der Waals surface area contributed by atoms with E-state index in [1.54, 1.807) is 14.2 Å². The first-order chi connectivity index (χ1) is 25.8. The number of aliphatic hydroxyl groups excluding tert-OH is 1. The van der Waals surface area contributed by atoms with Gasteiger partial charge in [0.15, 0.2) is 0 Å². The predicted molar refractivity (Wildman–Crippen MR) is 211 cm³/mol. The highest BCUT2D eigenvalue weighted by molar-refractivity contribution is 5.68. The molecule has 0 amide bonds. The Hall–Kier alpha value is -3.43. The SMILES string of the molecule is CCCCCOC(CCCCCCCCCCC(=O)OC)N1C[C@H](O)C[C@@]1(C)COC(c1ccccc1)(c1ccc(OC)cc1)c1ccc(OC)cc1. The maximum Gasteiger partial charge on any atom is 0.305 e. The Morgan fingerprint density at radius 2 is 1.32 bits per heavy atom. The summed E-state index contributed by atoms with van der Waals surface area (Å²) < 4.78 is 29.9. The van der Waals surface area contributed by atoms with E-state index in [-0.39, 0.29) is 12.2 Å². The van der Waals surface area contributed by atoms with E-state index in [1.807, 2.05) is 30.3 Å². The summed E-state index contributed by atoms with van der Waals surface area (Å²) in [5.41, 5.74) is 1.56. The molecule has 3 aromatic rings. The van der Waals surface area contributed by atoms with E-state index >= 15 is 0 Å². The van der Waals surface area contributed by atoms with Gasteiger partial charge in [-0.05, 0) is 80.0 Å². The fourth-order valence-electron chi connectivity index (χ4n) is 7.73. The molecule has 0 saturated carbocycles. The highest BCUT2D eigenvalue weighted by atomic mass is 16.5. The number of hydrogen-bond donors (Lipinski definition) is 1. The molecule has 292 valence electrons. The fourth-order valence-corrected chi connectivity index (χ4v) is 7.73. The predicted octanol–water partition coefficient (Wildman–Crippen LogP) is 9.44. The number of esters is 1.